The second kappa shape index (κ2) is 6.62. The van der Waals surface area contributed by atoms with Crippen molar-refractivity contribution in [1.82, 2.24) is 14.6 Å². The fourth-order valence-electron chi connectivity index (χ4n) is 1.65. The van der Waals surface area contributed by atoms with E-state index in [4.69, 9.17) is 16.9 Å². The van der Waals surface area contributed by atoms with Crippen LogP contribution in [0.25, 0.3) is 0 Å². The third kappa shape index (κ3) is 3.39. The molecule has 1 aromatic carbocycles. The second-order valence-corrected chi connectivity index (χ2v) is 7.84. The highest BCUT2D eigenvalue weighted by Gasteiger charge is 2.15. The van der Waals surface area contributed by atoms with Crippen LogP contribution in [0.15, 0.2) is 32.8 Å². The summed E-state index contributed by atoms with van der Waals surface area (Å²) in [7, 11) is 0. The van der Waals surface area contributed by atoms with Gasteiger partial charge in [0, 0.05) is 5.69 Å². The van der Waals surface area contributed by atoms with Gasteiger partial charge in [-0.3, -0.25) is 0 Å². The van der Waals surface area contributed by atoms with E-state index in [2.05, 4.69) is 26.0 Å². The van der Waals surface area contributed by atoms with Crippen LogP contribution in [0.2, 0.25) is 5.15 Å². The van der Waals surface area contributed by atoms with Gasteiger partial charge in [-0.05, 0) is 47.9 Å². The third-order valence-electron chi connectivity index (χ3n) is 2.59. The van der Waals surface area contributed by atoms with E-state index in [1.165, 1.54) is 40.2 Å². The number of halogens is 1. The van der Waals surface area contributed by atoms with Gasteiger partial charge in [0.15, 0.2) is 9.49 Å². The smallest absolute Gasteiger partial charge is 0.210 e. The molecule has 110 valence electrons. The summed E-state index contributed by atoms with van der Waals surface area (Å²) in [5, 5.41) is 21.4. The lowest BCUT2D eigenvalue weighted by atomic mass is 10.2. The number of hydrogen-bond donors (Lipinski definition) is 1. The molecule has 0 spiro atoms. The van der Waals surface area contributed by atoms with E-state index in [9.17, 15) is 0 Å². The highest BCUT2D eigenvalue weighted by Crippen LogP contribution is 2.39. The molecule has 0 aliphatic heterocycles. The molecule has 0 saturated heterocycles. The highest BCUT2D eigenvalue weighted by atomic mass is 35.5. The van der Waals surface area contributed by atoms with Crippen LogP contribution in [0.4, 0.5) is 10.8 Å². The molecule has 0 unspecified atom stereocenters. The number of rotatable bonds is 4. The standard InChI is InChI=1S/C13H8ClN5S3/c1-7-3-2-4-8(5-7)16-12-17-18-13(21-12)20-11-9(6-15)10(14)19-22-11/h2-5H,1H3,(H,16,17). The first-order chi connectivity index (χ1) is 10.7. The molecule has 0 atom stereocenters. The molecule has 0 radical (unpaired) electrons. The predicted octanol–water partition coefficient (Wildman–Crippen LogP) is 4.72. The van der Waals surface area contributed by atoms with E-state index in [0.717, 1.165) is 14.2 Å². The van der Waals surface area contributed by atoms with Crippen LogP contribution >= 0.6 is 46.2 Å². The minimum absolute atomic E-state index is 0.234. The largest absolute Gasteiger partial charge is 0.330 e. The molecule has 0 saturated carbocycles. The van der Waals surface area contributed by atoms with Crippen LogP contribution in [0.3, 0.4) is 0 Å². The van der Waals surface area contributed by atoms with Gasteiger partial charge >= 0.3 is 0 Å². The van der Waals surface area contributed by atoms with Crippen molar-refractivity contribution in [3.05, 3.63) is 40.5 Å². The van der Waals surface area contributed by atoms with Gasteiger partial charge in [-0.1, -0.05) is 35.1 Å². The molecule has 0 fully saturated rings. The summed E-state index contributed by atoms with van der Waals surface area (Å²) in [6.07, 6.45) is 0. The van der Waals surface area contributed by atoms with Crippen molar-refractivity contribution in [2.75, 3.05) is 5.32 Å². The van der Waals surface area contributed by atoms with E-state index >= 15 is 0 Å². The lowest BCUT2D eigenvalue weighted by Crippen LogP contribution is -1.89. The number of nitriles is 1. The van der Waals surface area contributed by atoms with Gasteiger partial charge in [0.25, 0.3) is 0 Å². The Labute approximate surface area is 144 Å². The quantitative estimate of drug-likeness (QED) is 0.720. The van der Waals surface area contributed by atoms with Crippen LogP contribution < -0.4 is 5.32 Å². The summed E-state index contributed by atoms with van der Waals surface area (Å²) in [5.74, 6) is 0. The Hall–Kier alpha value is -1.66. The third-order valence-corrected chi connectivity index (χ3v) is 5.86. The molecule has 3 aromatic rings. The maximum absolute atomic E-state index is 9.07. The fourth-order valence-corrected chi connectivity index (χ4v) is 4.78. The lowest BCUT2D eigenvalue weighted by Gasteiger charge is -2.01. The Bertz CT molecular complexity index is 851. The molecule has 22 heavy (non-hydrogen) atoms. The minimum Gasteiger partial charge on any atom is -0.330 e. The Morgan fingerprint density at radius 3 is 3.00 bits per heavy atom. The van der Waals surface area contributed by atoms with E-state index < -0.39 is 0 Å². The molecule has 1 N–H and O–H groups in total. The number of nitrogens with zero attached hydrogens (tertiary/aromatic N) is 4. The summed E-state index contributed by atoms with van der Waals surface area (Å²) >= 11 is 9.81. The van der Waals surface area contributed by atoms with Crippen LogP contribution in [0.5, 0.6) is 0 Å². The second-order valence-electron chi connectivity index (χ2n) is 4.22. The van der Waals surface area contributed by atoms with Gasteiger partial charge in [-0.15, -0.1) is 10.2 Å². The van der Waals surface area contributed by atoms with E-state index in [0.29, 0.717) is 10.7 Å². The van der Waals surface area contributed by atoms with Gasteiger partial charge in [-0.25, -0.2) is 0 Å². The number of hydrogen-bond acceptors (Lipinski definition) is 8. The van der Waals surface area contributed by atoms with E-state index in [1.54, 1.807) is 0 Å². The summed E-state index contributed by atoms with van der Waals surface area (Å²) in [5.41, 5.74) is 2.52. The molecule has 5 nitrogen and oxygen atoms in total. The fraction of sp³-hybridized carbons (Fsp3) is 0.0769. The summed E-state index contributed by atoms with van der Waals surface area (Å²) in [6, 6.07) is 10.1. The zero-order valence-corrected chi connectivity index (χ0v) is 14.4. The number of nitrogens with one attached hydrogen (secondary N) is 1. The molecular weight excluding hydrogens is 358 g/mol. The van der Waals surface area contributed by atoms with Crippen LogP contribution in [0, 0.1) is 18.3 Å². The first kappa shape index (κ1) is 15.2. The molecule has 3 rings (SSSR count). The summed E-state index contributed by atoms with van der Waals surface area (Å²) < 4.78 is 5.43. The summed E-state index contributed by atoms with van der Waals surface area (Å²) in [6.45, 7) is 2.03. The molecule has 0 aliphatic carbocycles. The van der Waals surface area contributed by atoms with Crippen molar-refractivity contribution in [1.29, 1.82) is 5.26 Å². The van der Waals surface area contributed by atoms with Crippen LogP contribution in [-0.2, 0) is 0 Å². The van der Waals surface area contributed by atoms with Crippen LogP contribution in [0.1, 0.15) is 11.1 Å². The number of benzene rings is 1. The van der Waals surface area contributed by atoms with Crippen molar-refractivity contribution in [3.63, 3.8) is 0 Å². The first-order valence-electron chi connectivity index (χ1n) is 6.06. The normalized spacial score (nSPS) is 10.4. The van der Waals surface area contributed by atoms with E-state index in [-0.39, 0.29) is 5.15 Å². The number of aromatic nitrogens is 3. The molecular formula is C13H8ClN5S3. The maximum atomic E-state index is 9.07. The molecule has 0 bridgehead atoms. The SMILES string of the molecule is Cc1cccc(Nc2nnc(Sc3snc(Cl)c3C#N)s2)c1. The Balaban J connectivity index is 1.75. The van der Waals surface area contributed by atoms with Gasteiger partial charge in [0.1, 0.15) is 15.8 Å². The number of aryl methyl sites for hydroxylation is 1. The Kier molecular flexibility index (Phi) is 4.59. The molecule has 2 heterocycles. The first-order valence-corrected chi connectivity index (χ1v) is 8.84. The lowest BCUT2D eigenvalue weighted by molar-refractivity contribution is 1.01. The molecule has 9 heteroatoms. The van der Waals surface area contributed by atoms with Crippen molar-refractivity contribution in [3.8, 4) is 6.07 Å². The molecule has 0 aliphatic rings. The Morgan fingerprint density at radius 2 is 2.23 bits per heavy atom. The van der Waals surface area contributed by atoms with Crippen molar-refractivity contribution in [2.45, 2.75) is 15.5 Å². The maximum Gasteiger partial charge on any atom is 0.210 e. The minimum atomic E-state index is 0.234. The monoisotopic (exact) mass is 365 g/mol. The van der Waals surface area contributed by atoms with Crippen molar-refractivity contribution < 1.29 is 0 Å². The van der Waals surface area contributed by atoms with Gasteiger partial charge < -0.3 is 5.32 Å². The summed E-state index contributed by atoms with van der Waals surface area (Å²) in [4.78, 5) is 0. The highest BCUT2D eigenvalue weighted by molar-refractivity contribution is 8.02. The van der Waals surface area contributed by atoms with Crippen LogP contribution in [-0.4, -0.2) is 14.6 Å². The van der Waals surface area contributed by atoms with Gasteiger partial charge in [-0.2, -0.15) is 9.64 Å². The average molecular weight is 366 g/mol. The Morgan fingerprint density at radius 1 is 1.36 bits per heavy atom. The molecule has 2 aromatic heterocycles. The number of anilines is 2. The zero-order valence-electron chi connectivity index (χ0n) is 11.2. The van der Waals surface area contributed by atoms with Crippen molar-refractivity contribution >= 4 is 57.1 Å². The van der Waals surface area contributed by atoms with Crippen molar-refractivity contribution in [2.24, 2.45) is 0 Å². The van der Waals surface area contributed by atoms with E-state index in [1.807, 2.05) is 31.2 Å². The zero-order chi connectivity index (χ0) is 15.5. The topological polar surface area (TPSA) is 74.5 Å². The average Bonchev–Trinajstić information content (AvgIpc) is 3.06. The molecule has 0 amide bonds. The predicted molar refractivity (Wildman–Crippen MR) is 90.3 cm³/mol. The van der Waals surface area contributed by atoms with Gasteiger partial charge in [0.2, 0.25) is 5.13 Å². The van der Waals surface area contributed by atoms with Gasteiger partial charge in [0.05, 0.1) is 0 Å².